The van der Waals surface area contributed by atoms with Crippen LogP contribution < -0.4 is 11.1 Å². The van der Waals surface area contributed by atoms with Gasteiger partial charge >= 0.3 is 0 Å². The number of epoxide rings is 1. The predicted molar refractivity (Wildman–Crippen MR) is 56.2 cm³/mol. The maximum atomic E-state index is 10.8. The highest BCUT2D eigenvalue weighted by Gasteiger charge is 2.44. The molecule has 1 saturated heterocycles. The Balaban J connectivity index is 1.96. The third-order valence-electron chi connectivity index (χ3n) is 2.59. The first-order valence-electron chi connectivity index (χ1n) is 5.30. The molecule has 2 atom stereocenters. The standard InChI is InChI=1S/C10H20N2O3/c1-8(13)9(11)5-3-4-6-12-10(14-2)7-15-10/h9,12H,3-7,11H2,1-2H3/t9-,10?/m0/s1. The molecule has 1 aliphatic rings. The molecular formula is C10H20N2O3. The van der Waals surface area contributed by atoms with Gasteiger partial charge in [-0.25, -0.2) is 0 Å². The summed E-state index contributed by atoms with van der Waals surface area (Å²) in [6, 6.07) is -0.307. The second kappa shape index (κ2) is 5.55. The van der Waals surface area contributed by atoms with Gasteiger partial charge in [0.1, 0.15) is 12.4 Å². The van der Waals surface area contributed by atoms with E-state index in [-0.39, 0.29) is 11.8 Å². The Kier molecular flexibility index (Phi) is 4.66. The normalized spacial score (nSPS) is 26.3. The molecule has 5 heteroatoms. The summed E-state index contributed by atoms with van der Waals surface area (Å²) >= 11 is 0. The number of carbonyl (C=O) groups is 1. The van der Waals surface area contributed by atoms with Gasteiger partial charge in [-0.1, -0.05) is 6.42 Å². The van der Waals surface area contributed by atoms with Crippen molar-refractivity contribution in [2.75, 3.05) is 20.3 Å². The lowest BCUT2D eigenvalue weighted by molar-refractivity contribution is -0.118. The maximum Gasteiger partial charge on any atom is 0.252 e. The Hall–Kier alpha value is -0.490. The van der Waals surface area contributed by atoms with Crippen molar-refractivity contribution in [3.8, 4) is 0 Å². The van der Waals surface area contributed by atoms with Crippen LogP contribution in [0.4, 0.5) is 0 Å². The van der Waals surface area contributed by atoms with Crippen molar-refractivity contribution in [2.24, 2.45) is 5.73 Å². The van der Waals surface area contributed by atoms with E-state index in [0.717, 1.165) is 25.8 Å². The number of hydrogen-bond donors (Lipinski definition) is 2. The molecule has 0 aromatic heterocycles. The monoisotopic (exact) mass is 216 g/mol. The van der Waals surface area contributed by atoms with Gasteiger partial charge < -0.3 is 15.2 Å². The van der Waals surface area contributed by atoms with E-state index in [1.807, 2.05) is 0 Å². The van der Waals surface area contributed by atoms with E-state index in [0.29, 0.717) is 6.61 Å². The summed E-state index contributed by atoms with van der Waals surface area (Å²) < 4.78 is 10.2. The van der Waals surface area contributed by atoms with Crippen molar-refractivity contribution >= 4 is 5.78 Å². The fourth-order valence-electron chi connectivity index (χ4n) is 1.33. The number of nitrogens with one attached hydrogen (secondary N) is 1. The number of carbonyl (C=O) groups excluding carboxylic acids is 1. The average Bonchev–Trinajstić information content (AvgIpc) is 2.97. The molecule has 0 bridgehead atoms. The predicted octanol–water partition coefficient (Wildman–Crippen LogP) is -0.00700. The van der Waals surface area contributed by atoms with Crippen LogP contribution in [0.2, 0.25) is 0 Å². The zero-order chi connectivity index (χ0) is 11.3. The average molecular weight is 216 g/mol. The van der Waals surface area contributed by atoms with Gasteiger partial charge in [-0.05, 0) is 19.8 Å². The zero-order valence-electron chi connectivity index (χ0n) is 9.41. The Morgan fingerprint density at radius 2 is 2.33 bits per heavy atom. The smallest absolute Gasteiger partial charge is 0.252 e. The highest BCUT2D eigenvalue weighted by molar-refractivity contribution is 5.80. The number of rotatable bonds is 8. The molecule has 1 aliphatic heterocycles. The number of ether oxygens (including phenoxy) is 2. The minimum absolute atomic E-state index is 0.0573. The number of Topliss-reactive ketones (excluding diaryl/α,β-unsaturated/α-hetero) is 1. The minimum Gasteiger partial charge on any atom is -0.339 e. The topological polar surface area (TPSA) is 76.9 Å². The number of unbranched alkanes of at least 4 members (excludes halogenated alkanes) is 1. The van der Waals surface area contributed by atoms with Crippen LogP contribution in [0.1, 0.15) is 26.2 Å². The summed E-state index contributed by atoms with van der Waals surface area (Å²) in [6.07, 6.45) is 2.65. The van der Waals surface area contributed by atoms with E-state index in [1.54, 1.807) is 7.11 Å². The summed E-state index contributed by atoms with van der Waals surface area (Å²) in [4.78, 5) is 10.8. The van der Waals surface area contributed by atoms with Crippen LogP contribution in [0, 0.1) is 0 Å². The maximum absolute atomic E-state index is 10.8. The third kappa shape index (κ3) is 4.25. The summed E-state index contributed by atoms with van der Waals surface area (Å²) in [5.74, 6) is -0.468. The molecule has 0 spiro atoms. The van der Waals surface area contributed by atoms with E-state index < -0.39 is 5.91 Å². The zero-order valence-corrected chi connectivity index (χ0v) is 9.41. The second-order valence-corrected chi connectivity index (χ2v) is 3.89. The number of ketones is 1. The quantitative estimate of drug-likeness (QED) is 0.339. The lowest BCUT2D eigenvalue weighted by Gasteiger charge is -2.12. The van der Waals surface area contributed by atoms with Crippen molar-refractivity contribution in [2.45, 2.75) is 38.1 Å². The van der Waals surface area contributed by atoms with Gasteiger partial charge in [0, 0.05) is 13.7 Å². The highest BCUT2D eigenvalue weighted by Crippen LogP contribution is 2.23. The summed E-state index contributed by atoms with van der Waals surface area (Å²) in [5, 5.41) is 3.15. The molecule has 1 fully saturated rings. The third-order valence-corrected chi connectivity index (χ3v) is 2.59. The molecule has 0 aliphatic carbocycles. The molecule has 1 rings (SSSR count). The molecule has 88 valence electrons. The molecule has 5 nitrogen and oxygen atoms in total. The van der Waals surface area contributed by atoms with Crippen LogP contribution in [0.15, 0.2) is 0 Å². The van der Waals surface area contributed by atoms with Gasteiger partial charge in [-0.3, -0.25) is 10.1 Å². The fraction of sp³-hybridized carbons (Fsp3) is 0.900. The van der Waals surface area contributed by atoms with E-state index in [4.69, 9.17) is 15.2 Å². The molecule has 0 aromatic rings. The summed E-state index contributed by atoms with van der Waals surface area (Å²) in [5.41, 5.74) is 5.60. The molecule has 0 aromatic carbocycles. The van der Waals surface area contributed by atoms with Gasteiger partial charge in [0.2, 0.25) is 0 Å². The van der Waals surface area contributed by atoms with Crippen molar-refractivity contribution in [3.63, 3.8) is 0 Å². The van der Waals surface area contributed by atoms with Crippen molar-refractivity contribution in [1.29, 1.82) is 0 Å². The van der Waals surface area contributed by atoms with Crippen LogP contribution in [-0.2, 0) is 14.3 Å². The molecule has 0 saturated carbocycles. The number of hydrogen-bond acceptors (Lipinski definition) is 5. The number of nitrogens with two attached hydrogens (primary N) is 1. The fourth-order valence-corrected chi connectivity index (χ4v) is 1.33. The summed E-state index contributed by atoms with van der Waals surface area (Å²) in [6.45, 7) is 2.95. The first kappa shape index (κ1) is 12.6. The van der Waals surface area contributed by atoms with E-state index >= 15 is 0 Å². The number of methoxy groups -OCH3 is 1. The molecule has 1 unspecified atom stereocenters. The summed E-state index contributed by atoms with van der Waals surface area (Å²) in [7, 11) is 1.62. The van der Waals surface area contributed by atoms with Crippen molar-refractivity contribution in [1.82, 2.24) is 5.32 Å². The van der Waals surface area contributed by atoms with Crippen LogP contribution in [-0.4, -0.2) is 38.0 Å². The van der Waals surface area contributed by atoms with Gasteiger partial charge in [0.05, 0.1) is 6.04 Å². The van der Waals surface area contributed by atoms with E-state index in [9.17, 15) is 4.79 Å². The molecular weight excluding hydrogens is 196 g/mol. The molecule has 15 heavy (non-hydrogen) atoms. The largest absolute Gasteiger partial charge is 0.339 e. The molecule has 0 amide bonds. The van der Waals surface area contributed by atoms with Crippen molar-refractivity contribution < 1.29 is 14.3 Å². The Morgan fingerprint density at radius 3 is 2.80 bits per heavy atom. The van der Waals surface area contributed by atoms with Crippen LogP contribution in [0.5, 0.6) is 0 Å². The first-order chi connectivity index (χ1) is 7.09. The van der Waals surface area contributed by atoms with Crippen molar-refractivity contribution in [3.05, 3.63) is 0 Å². The van der Waals surface area contributed by atoms with Gasteiger partial charge in [-0.15, -0.1) is 0 Å². The van der Waals surface area contributed by atoms with Crippen LogP contribution in [0.3, 0.4) is 0 Å². The lowest BCUT2D eigenvalue weighted by Crippen LogP contribution is -2.35. The van der Waals surface area contributed by atoms with E-state index in [2.05, 4.69) is 5.32 Å². The first-order valence-corrected chi connectivity index (χ1v) is 5.30. The van der Waals surface area contributed by atoms with E-state index in [1.165, 1.54) is 6.92 Å². The Morgan fingerprint density at radius 1 is 1.67 bits per heavy atom. The lowest BCUT2D eigenvalue weighted by atomic mass is 10.1. The van der Waals surface area contributed by atoms with Gasteiger partial charge in [-0.2, -0.15) is 0 Å². The molecule has 1 heterocycles. The van der Waals surface area contributed by atoms with Gasteiger partial charge in [0.25, 0.3) is 5.91 Å². The Labute approximate surface area is 90.3 Å². The Bertz CT molecular complexity index is 217. The minimum atomic E-state index is -0.525. The SMILES string of the molecule is COC1(NCCCC[C@H](N)C(C)=O)CO1. The van der Waals surface area contributed by atoms with Gasteiger partial charge in [0.15, 0.2) is 0 Å². The van der Waals surface area contributed by atoms with Crippen LogP contribution >= 0.6 is 0 Å². The molecule has 3 N–H and O–H groups in total. The second-order valence-electron chi connectivity index (χ2n) is 3.89. The highest BCUT2D eigenvalue weighted by atomic mass is 16.8. The van der Waals surface area contributed by atoms with Crippen LogP contribution in [0.25, 0.3) is 0 Å². The molecule has 0 radical (unpaired) electrons.